The number of nitrogens with zero attached hydrogens (tertiary/aromatic N) is 1. The van der Waals surface area contributed by atoms with Crippen molar-refractivity contribution in [2.24, 2.45) is 0 Å². The number of nitrogens with one attached hydrogen (secondary N) is 1. The van der Waals surface area contributed by atoms with Crippen molar-refractivity contribution in [3.63, 3.8) is 0 Å². The molecule has 0 spiro atoms. The predicted octanol–water partition coefficient (Wildman–Crippen LogP) is 2.85. The van der Waals surface area contributed by atoms with Gasteiger partial charge in [-0.1, -0.05) is 19.1 Å². The molecule has 0 bridgehead atoms. The number of benzene rings is 1. The average Bonchev–Trinajstić information content (AvgIpc) is 2.92. The Morgan fingerprint density at radius 2 is 2.30 bits per heavy atom. The molecule has 0 radical (unpaired) electrons. The molecule has 2 N–H and O–H groups in total. The SMILES string of the molecule is CCCNC(C)c1cccc(F)c1N1CCCC1CO. The van der Waals surface area contributed by atoms with E-state index in [0.29, 0.717) is 5.69 Å². The van der Waals surface area contributed by atoms with E-state index in [2.05, 4.69) is 19.2 Å². The molecule has 1 aromatic carbocycles. The molecule has 0 amide bonds. The molecule has 1 aliphatic rings. The minimum atomic E-state index is -0.187. The Balaban J connectivity index is 2.31. The molecule has 1 heterocycles. The summed E-state index contributed by atoms with van der Waals surface area (Å²) in [6, 6.07) is 5.42. The van der Waals surface area contributed by atoms with Gasteiger partial charge in [-0.3, -0.25) is 0 Å². The lowest BCUT2D eigenvalue weighted by molar-refractivity contribution is 0.265. The summed E-state index contributed by atoms with van der Waals surface area (Å²) in [5.74, 6) is -0.187. The van der Waals surface area contributed by atoms with Gasteiger partial charge in [0.2, 0.25) is 0 Å². The van der Waals surface area contributed by atoms with Gasteiger partial charge in [0.25, 0.3) is 0 Å². The van der Waals surface area contributed by atoms with Crippen LogP contribution in [0.1, 0.15) is 44.7 Å². The molecule has 3 nitrogen and oxygen atoms in total. The minimum absolute atomic E-state index is 0.0454. The number of halogens is 1. The molecule has 112 valence electrons. The van der Waals surface area contributed by atoms with Gasteiger partial charge < -0.3 is 15.3 Å². The van der Waals surface area contributed by atoms with Crippen molar-refractivity contribution >= 4 is 5.69 Å². The number of aliphatic hydroxyl groups is 1. The number of hydrogen-bond donors (Lipinski definition) is 2. The minimum Gasteiger partial charge on any atom is -0.394 e. The smallest absolute Gasteiger partial charge is 0.146 e. The van der Waals surface area contributed by atoms with Gasteiger partial charge in [0.15, 0.2) is 0 Å². The Kier molecular flexibility index (Phi) is 5.38. The third kappa shape index (κ3) is 3.13. The van der Waals surface area contributed by atoms with Gasteiger partial charge in [-0.15, -0.1) is 0 Å². The normalized spacial score (nSPS) is 20.4. The highest BCUT2D eigenvalue weighted by Crippen LogP contribution is 2.34. The first kappa shape index (κ1) is 15.3. The van der Waals surface area contributed by atoms with Crippen LogP contribution in [0.25, 0.3) is 0 Å². The van der Waals surface area contributed by atoms with Crippen LogP contribution in [0.15, 0.2) is 18.2 Å². The molecule has 1 fully saturated rings. The fourth-order valence-corrected chi connectivity index (χ4v) is 2.98. The second-order valence-corrected chi connectivity index (χ2v) is 5.53. The number of anilines is 1. The summed E-state index contributed by atoms with van der Waals surface area (Å²) in [5.41, 5.74) is 1.65. The van der Waals surface area contributed by atoms with Crippen LogP contribution in [0.3, 0.4) is 0 Å². The maximum absolute atomic E-state index is 14.3. The van der Waals surface area contributed by atoms with Crippen LogP contribution >= 0.6 is 0 Å². The molecule has 0 aromatic heterocycles. The van der Waals surface area contributed by atoms with E-state index in [1.165, 1.54) is 6.07 Å². The summed E-state index contributed by atoms with van der Waals surface area (Å²) in [7, 11) is 0. The fourth-order valence-electron chi connectivity index (χ4n) is 2.98. The summed E-state index contributed by atoms with van der Waals surface area (Å²) in [5, 5.41) is 12.9. The lowest BCUT2D eigenvalue weighted by Crippen LogP contribution is -2.34. The van der Waals surface area contributed by atoms with Crippen LogP contribution in [0.2, 0.25) is 0 Å². The van der Waals surface area contributed by atoms with E-state index in [-0.39, 0.29) is 24.5 Å². The van der Waals surface area contributed by atoms with Crippen LogP contribution in [0.5, 0.6) is 0 Å². The van der Waals surface area contributed by atoms with Crippen LogP contribution in [-0.4, -0.2) is 30.8 Å². The van der Waals surface area contributed by atoms with Gasteiger partial charge in [0.05, 0.1) is 18.3 Å². The van der Waals surface area contributed by atoms with E-state index in [1.54, 1.807) is 6.07 Å². The highest BCUT2D eigenvalue weighted by molar-refractivity contribution is 5.57. The molecule has 2 atom stereocenters. The number of rotatable bonds is 6. The molecule has 4 heteroatoms. The molecular weight excluding hydrogens is 255 g/mol. The molecular formula is C16H25FN2O. The van der Waals surface area contributed by atoms with Gasteiger partial charge in [-0.2, -0.15) is 0 Å². The highest BCUT2D eigenvalue weighted by atomic mass is 19.1. The molecule has 1 aliphatic heterocycles. The number of aliphatic hydroxyl groups excluding tert-OH is 1. The van der Waals surface area contributed by atoms with Gasteiger partial charge in [-0.05, 0) is 44.4 Å². The summed E-state index contributed by atoms with van der Waals surface area (Å²) in [4.78, 5) is 2.04. The second kappa shape index (κ2) is 7.04. The van der Waals surface area contributed by atoms with E-state index in [1.807, 2.05) is 11.0 Å². The summed E-state index contributed by atoms with van der Waals surface area (Å²) in [6.07, 6.45) is 2.99. The van der Waals surface area contributed by atoms with Crippen molar-refractivity contribution in [2.45, 2.75) is 45.2 Å². The Hall–Kier alpha value is -1.13. The van der Waals surface area contributed by atoms with Crippen LogP contribution in [0, 0.1) is 5.82 Å². The lowest BCUT2D eigenvalue weighted by Gasteiger charge is -2.30. The van der Waals surface area contributed by atoms with Crippen molar-refractivity contribution in [1.29, 1.82) is 0 Å². The van der Waals surface area contributed by atoms with Gasteiger partial charge >= 0.3 is 0 Å². The third-order valence-corrected chi connectivity index (χ3v) is 4.06. The molecule has 1 aromatic rings. The zero-order chi connectivity index (χ0) is 14.5. The topological polar surface area (TPSA) is 35.5 Å². The first-order valence-electron chi connectivity index (χ1n) is 7.58. The highest BCUT2D eigenvalue weighted by Gasteiger charge is 2.28. The van der Waals surface area contributed by atoms with Crippen molar-refractivity contribution in [3.8, 4) is 0 Å². The zero-order valence-corrected chi connectivity index (χ0v) is 12.4. The van der Waals surface area contributed by atoms with Gasteiger partial charge in [-0.25, -0.2) is 4.39 Å². The summed E-state index contributed by atoms with van der Waals surface area (Å²) < 4.78 is 14.3. The molecule has 1 saturated heterocycles. The Labute approximate surface area is 120 Å². The largest absolute Gasteiger partial charge is 0.394 e. The fraction of sp³-hybridized carbons (Fsp3) is 0.625. The van der Waals surface area contributed by atoms with E-state index in [4.69, 9.17) is 0 Å². The number of hydrogen-bond acceptors (Lipinski definition) is 3. The standard InChI is InChI=1S/C16H25FN2O/c1-3-9-18-12(2)14-7-4-8-15(17)16(14)19-10-5-6-13(19)11-20/h4,7-8,12-13,18,20H,3,5-6,9-11H2,1-2H3. The second-order valence-electron chi connectivity index (χ2n) is 5.53. The molecule has 20 heavy (non-hydrogen) atoms. The summed E-state index contributed by atoms with van der Waals surface area (Å²) >= 11 is 0. The first-order valence-corrected chi connectivity index (χ1v) is 7.58. The van der Waals surface area contributed by atoms with E-state index < -0.39 is 0 Å². The summed E-state index contributed by atoms with van der Waals surface area (Å²) in [6.45, 7) is 6.01. The quantitative estimate of drug-likeness (QED) is 0.841. The van der Waals surface area contributed by atoms with Crippen LogP contribution < -0.4 is 10.2 Å². The van der Waals surface area contributed by atoms with Crippen molar-refractivity contribution < 1.29 is 9.50 Å². The maximum Gasteiger partial charge on any atom is 0.146 e. The molecule has 2 rings (SSSR count). The Bertz CT molecular complexity index is 438. The maximum atomic E-state index is 14.3. The molecule has 0 aliphatic carbocycles. The molecule has 2 unspecified atom stereocenters. The van der Waals surface area contributed by atoms with Gasteiger partial charge in [0, 0.05) is 12.6 Å². The van der Waals surface area contributed by atoms with E-state index >= 15 is 0 Å². The Morgan fingerprint density at radius 1 is 1.50 bits per heavy atom. The zero-order valence-electron chi connectivity index (χ0n) is 12.4. The van der Waals surface area contributed by atoms with Crippen molar-refractivity contribution in [1.82, 2.24) is 5.32 Å². The van der Waals surface area contributed by atoms with E-state index in [0.717, 1.165) is 37.9 Å². The predicted molar refractivity (Wildman–Crippen MR) is 80.6 cm³/mol. The first-order chi connectivity index (χ1) is 9.69. The van der Waals surface area contributed by atoms with Crippen molar-refractivity contribution in [3.05, 3.63) is 29.6 Å². The van der Waals surface area contributed by atoms with Gasteiger partial charge in [0.1, 0.15) is 5.82 Å². The van der Waals surface area contributed by atoms with Crippen LogP contribution in [0.4, 0.5) is 10.1 Å². The number of para-hydroxylation sites is 1. The van der Waals surface area contributed by atoms with E-state index in [9.17, 15) is 9.50 Å². The van der Waals surface area contributed by atoms with Crippen LogP contribution in [-0.2, 0) is 0 Å². The average molecular weight is 280 g/mol. The van der Waals surface area contributed by atoms with Crippen molar-refractivity contribution in [2.75, 3.05) is 24.6 Å². The monoisotopic (exact) mass is 280 g/mol. The molecule has 0 saturated carbocycles. The Morgan fingerprint density at radius 3 is 3.00 bits per heavy atom. The lowest BCUT2D eigenvalue weighted by atomic mass is 10.0. The third-order valence-electron chi connectivity index (χ3n) is 4.06.